The van der Waals surface area contributed by atoms with Gasteiger partial charge in [-0.3, -0.25) is 14.5 Å². The second-order valence-corrected chi connectivity index (χ2v) is 7.55. The van der Waals surface area contributed by atoms with Gasteiger partial charge in [0.25, 0.3) is 5.91 Å². The van der Waals surface area contributed by atoms with Crippen molar-refractivity contribution in [3.63, 3.8) is 0 Å². The van der Waals surface area contributed by atoms with Gasteiger partial charge in [0.2, 0.25) is 5.91 Å². The molecule has 2 aromatic carbocycles. The number of nitrogens with zero attached hydrogens (tertiary/aromatic N) is 2. The van der Waals surface area contributed by atoms with E-state index in [1.54, 1.807) is 4.90 Å². The van der Waals surface area contributed by atoms with Crippen LogP contribution in [0.1, 0.15) is 38.3 Å². The van der Waals surface area contributed by atoms with E-state index in [0.29, 0.717) is 13.0 Å². The minimum Gasteiger partial charge on any atom is -0.334 e. The van der Waals surface area contributed by atoms with Crippen molar-refractivity contribution in [2.24, 2.45) is 0 Å². The number of imide groups is 1. The quantitative estimate of drug-likeness (QED) is 0.734. The van der Waals surface area contributed by atoms with E-state index in [1.807, 2.05) is 81.4 Å². The molecule has 3 rings (SSSR count). The summed E-state index contributed by atoms with van der Waals surface area (Å²) in [6, 6.07) is 18.3. The van der Waals surface area contributed by atoms with E-state index >= 15 is 0 Å². The van der Waals surface area contributed by atoms with Crippen molar-refractivity contribution in [2.75, 3.05) is 6.54 Å². The minimum atomic E-state index is -1.12. The first kappa shape index (κ1) is 20.6. The van der Waals surface area contributed by atoms with Gasteiger partial charge in [0, 0.05) is 12.6 Å². The average Bonchev–Trinajstić information content (AvgIpc) is 2.98. The molecule has 1 fully saturated rings. The molecule has 1 saturated heterocycles. The predicted octanol–water partition coefficient (Wildman–Crippen LogP) is 3.28. The van der Waals surface area contributed by atoms with Crippen LogP contribution in [0.15, 0.2) is 60.7 Å². The monoisotopic (exact) mass is 393 g/mol. The maximum Gasteiger partial charge on any atom is 0.325 e. The zero-order valence-corrected chi connectivity index (χ0v) is 17.1. The second-order valence-electron chi connectivity index (χ2n) is 7.55. The average molecular weight is 393 g/mol. The molecule has 0 saturated carbocycles. The van der Waals surface area contributed by atoms with Crippen molar-refractivity contribution in [1.82, 2.24) is 15.1 Å². The Morgan fingerprint density at radius 3 is 2.17 bits per heavy atom. The fourth-order valence-corrected chi connectivity index (χ4v) is 3.70. The van der Waals surface area contributed by atoms with Crippen molar-refractivity contribution in [1.29, 1.82) is 0 Å². The van der Waals surface area contributed by atoms with Crippen LogP contribution in [0.4, 0.5) is 4.79 Å². The minimum absolute atomic E-state index is 0.0615. The molecule has 0 bridgehead atoms. The number of amides is 4. The summed E-state index contributed by atoms with van der Waals surface area (Å²) in [4.78, 5) is 41.6. The Labute approximate surface area is 171 Å². The molecule has 0 spiro atoms. The van der Waals surface area contributed by atoms with Crippen molar-refractivity contribution < 1.29 is 14.4 Å². The zero-order valence-electron chi connectivity index (χ0n) is 17.1. The summed E-state index contributed by atoms with van der Waals surface area (Å²) in [6.45, 7) is 5.86. The summed E-state index contributed by atoms with van der Waals surface area (Å²) in [6.07, 6.45) is 0.407. The zero-order chi connectivity index (χ0) is 21.0. The molecule has 0 aromatic heterocycles. The first-order valence-corrected chi connectivity index (χ1v) is 9.92. The van der Waals surface area contributed by atoms with E-state index in [-0.39, 0.29) is 24.4 Å². The molecule has 4 amide bonds. The van der Waals surface area contributed by atoms with E-state index in [0.717, 1.165) is 16.0 Å². The summed E-state index contributed by atoms with van der Waals surface area (Å²) >= 11 is 0. The van der Waals surface area contributed by atoms with E-state index < -0.39 is 11.6 Å². The van der Waals surface area contributed by atoms with Crippen LogP contribution in [-0.2, 0) is 21.7 Å². The van der Waals surface area contributed by atoms with Crippen LogP contribution in [0.25, 0.3) is 0 Å². The van der Waals surface area contributed by atoms with Crippen molar-refractivity contribution in [3.05, 3.63) is 71.8 Å². The number of benzene rings is 2. The Kier molecular flexibility index (Phi) is 6.01. The molecular formula is C23H27N3O3. The number of carbonyl (C=O) groups is 3. The lowest BCUT2D eigenvalue weighted by Gasteiger charge is -2.29. The third-order valence-corrected chi connectivity index (χ3v) is 5.41. The molecule has 0 radical (unpaired) electrons. The number of carbonyl (C=O) groups excluding carboxylic acids is 3. The summed E-state index contributed by atoms with van der Waals surface area (Å²) < 4.78 is 0. The normalized spacial score (nSPS) is 18.8. The molecule has 1 N–H and O–H groups in total. The predicted molar refractivity (Wildman–Crippen MR) is 111 cm³/mol. The number of nitrogens with one attached hydrogen (secondary N) is 1. The van der Waals surface area contributed by atoms with E-state index in [1.165, 1.54) is 0 Å². The summed E-state index contributed by atoms with van der Waals surface area (Å²) in [5.41, 5.74) is 0.598. The number of rotatable bonds is 7. The molecule has 1 aliphatic rings. The lowest BCUT2D eigenvalue weighted by molar-refractivity contribution is -0.140. The van der Waals surface area contributed by atoms with Gasteiger partial charge in [-0.15, -0.1) is 0 Å². The maximum absolute atomic E-state index is 13.2. The highest BCUT2D eigenvalue weighted by molar-refractivity contribution is 6.09. The fourth-order valence-electron chi connectivity index (χ4n) is 3.70. The Hall–Kier alpha value is -3.15. The van der Waals surface area contributed by atoms with Gasteiger partial charge in [0.15, 0.2) is 0 Å². The molecule has 29 heavy (non-hydrogen) atoms. The summed E-state index contributed by atoms with van der Waals surface area (Å²) in [7, 11) is 0. The van der Waals surface area contributed by atoms with Gasteiger partial charge in [-0.25, -0.2) is 4.79 Å². The maximum atomic E-state index is 13.2. The molecular weight excluding hydrogens is 366 g/mol. The number of hydrogen-bond donors (Lipinski definition) is 1. The molecule has 6 heteroatoms. The highest BCUT2D eigenvalue weighted by Crippen LogP contribution is 2.32. The smallest absolute Gasteiger partial charge is 0.325 e. The summed E-state index contributed by atoms with van der Waals surface area (Å²) in [5, 5.41) is 2.82. The molecule has 6 nitrogen and oxygen atoms in total. The SMILES string of the molecule is CCC1(c2ccccc2)NC(=O)N(CC(=O)N(Cc2ccccc2)C(C)C)C1=O. The van der Waals surface area contributed by atoms with Crippen LogP contribution in [-0.4, -0.2) is 40.2 Å². The molecule has 1 heterocycles. The van der Waals surface area contributed by atoms with E-state index in [9.17, 15) is 14.4 Å². The lowest BCUT2D eigenvalue weighted by atomic mass is 9.87. The van der Waals surface area contributed by atoms with E-state index in [4.69, 9.17) is 0 Å². The van der Waals surface area contributed by atoms with Gasteiger partial charge in [-0.2, -0.15) is 0 Å². The van der Waals surface area contributed by atoms with Crippen LogP contribution in [0.2, 0.25) is 0 Å². The molecule has 1 atom stereocenters. The van der Waals surface area contributed by atoms with Gasteiger partial charge in [-0.05, 0) is 31.4 Å². The Morgan fingerprint density at radius 1 is 1.03 bits per heavy atom. The van der Waals surface area contributed by atoms with Crippen LogP contribution in [0, 0.1) is 0 Å². The van der Waals surface area contributed by atoms with Gasteiger partial charge < -0.3 is 10.2 Å². The second kappa shape index (κ2) is 8.47. The Morgan fingerprint density at radius 2 is 1.62 bits per heavy atom. The van der Waals surface area contributed by atoms with Gasteiger partial charge in [0.05, 0.1) is 0 Å². The summed E-state index contributed by atoms with van der Waals surface area (Å²) in [5.74, 6) is -0.639. The number of urea groups is 1. The molecule has 1 unspecified atom stereocenters. The molecule has 1 aliphatic heterocycles. The standard InChI is InChI=1S/C23H27N3O3/c1-4-23(19-13-9-6-10-14-19)21(28)26(22(29)24-23)16-20(27)25(17(2)3)15-18-11-7-5-8-12-18/h5-14,17H,4,15-16H2,1-3H3,(H,24,29). The van der Waals surface area contributed by atoms with E-state index in [2.05, 4.69) is 5.32 Å². The lowest BCUT2D eigenvalue weighted by Crippen LogP contribution is -2.46. The van der Waals surface area contributed by atoms with Crippen molar-refractivity contribution in [3.8, 4) is 0 Å². The first-order chi connectivity index (χ1) is 13.9. The number of hydrogen-bond acceptors (Lipinski definition) is 3. The third-order valence-electron chi connectivity index (χ3n) is 5.41. The molecule has 0 aliphatic carbocycles. The van der Waals surface area contributed by atoms with Gasteiger partial charge in [0.1, 0.15) is 12.1 Å². The van der Waals surface area contributed by atoms with Crippen LogP contribution in [0.3, 0.4) is 0 Å². The fraction of sp³-hybridized carbons (Fsp3) is 0.348. The largest absolute Gasteiger partial charge is 0.334 e. The third kappa shape index (κ3) is 4.01. The first-order valence-electron chi connectivity index (χ1n) is 9.92. The van der Waals surface area contributed by atoms with Crippen LogP contribution in [0.5, 0.6) is 0 Å². The van der Waals surface area contributed by atoms with Crippen LogP contribution >= 0.6 is 0 Å². The highest BCUT2D eigenvalue weighted by Gasteiger charge is 2.51. The topological polar surface area (TPSA) is 69.7 Å². The Bertz CT molecular complexity index is 883. The molecule has 2 aromatic rings. The van der Waals surface area contributed by atoms with Gasteiger partial charge in [-0.1, -0.05) is 67.6 Å². The van der Waals surface area contributed by atoms with Crippen LogP contribution < -0.4 is 5.32 Å². The highest BCUT2D eigenvalue weighted by atomic mass is 16.2. The molecule has 152 valence electrons. The Balaban J connectivity index is 1.80. The van der Waals surface area contributed by atoms with Crippen molar-refractivity contribution in [2.45, 2.75) is 45.3 Å². The van der Waals surface area contributed by atoms with Gasteiger partial charge >= 0.3 is 6.03 Å². The van der Waals surface area contributed by atoms with Crippen molar-refractivity contribution >= 4 is 17.8 Å².